The highest BCUT2D eigenvalue weighted by Crippen LogP contribution is 2.26. The molecule has 0 aliphatic carbocycles. The maximum atomic E-state index is 12.8. The largest absolute Gasteiger partial charge is 0.337 e. The number of H-pyrrole nitrogens is 1. The van der Waals surface area contributed by atoms with Crippen molar-refractivity contribution < 1.29 is 4.79 Å². The highest BCUT2D eigenvalue weighted by molar-refractivity contribution is 6.16. The summed E-state index contributed by atoms with van der Waals surface area (Å²) in [4.78, 5) is 20.4. The van der Waals surface area contributed by atoms with Gasteiger partial charge in [-0.25, -0.2) is 4.98 Å². The van der Waals surface area contributed by atoms with E-state index in [4.69, 9.17) is 0 Å². The number of anilines is 1. The van der Waals surface area contributed by atoms with E-state index in [0.717, 1.165) is 11.0 Å². The molecule has 6 heteroatoms. The number of allylic oxidation sites excluding steroid dienone is 1. The predicted molar refractivity (Wildman–Crippen MR) is 100 cm³/mol. The summed E-state index contributed by atoms with van der Waals surface area (Å²) >= 11 is 0. The Morgan fingerprint density at radius 1 is 1.19 bits per heavy atom. The van der Waals surface area contributed by atoms with Gasteiger partial charge in [0.1, 0.15) is 11.9 Å². The summed E-state index contributed by atoms with van der Waals surface area (Å²) in [5, 5.41) is 15.3. The molecule has 126 valence electrons. The van der Waals surface area contributed by atoms with Crippen molar-refractivity contribution in [1.82, 2.24) is 9.97 Å². The number of rotatable bonds is 3. The first-order chi connectivity index (χ1) is 12.7. The van der Waals surface area contributed by atoms with Crippen LogP contribution in [-0.2, 0) is 4.79 Å². The van der Waals surface area contributed by atoms with Crippen LogP contribution in [0, 0.1) is 17.2 Å². The number of nitrogens with zero attached hydrogens (tertiary/aromatic N) is 4. The number of nitrogens with one attached hydrogen (secondary N) is 1. The van der Waals surface area contributed by atoms with Crippen LogP contribution in [0.5, 0.6) is 0 Å². The molecule has 26 heavy (non-hydrogen) atoms. The van der Waals surface area contributed by atoms with E-state index in [9.17, 15) is 10.1 Å². The van der Waals surface area contributed by atoms with Crippen molar-refractivity contribution in [2.45, 2.75) is 6.92 Å². The molecular formula is C20H15N5O. The quantitative estimate of drug-likeness (QED) is 0.740. The number of hydrazone groups is 1. The van der Waals surface area contributed by atoms with E-state index < -0.39 is 5.92 Å². The summed E-state index contributed by atoms with van der Waals surface area (Å²) in [6, 6.07) is 18.9. The summed E-state index contributed by atoms with van der Waals surface area (Å²) < 4.78 is 0. The number of fused-ring (bicyclic) bond motifs is 1. The fraction of sp³-hybridized carbons (Fsp3) is 0.100. The first-order valence-electron chi connectivity index (χ1n) is 8.18. The molecule has 1 aliphatic rings. The molecule has 1 amide bonds. The van der Waals surface area contributed by atoms with E-state index >= 15 is 0 Å². The summed E-state index contributed by atoms with van der Waals surface area (Å²) in [5.74, 6) is -0.317. The van der Waals surface area contributed by atoms with Gasteiger partial charge >= 0.3 is 0 Å². The number of carbonyl (C=O) groups is 1. The summed E-state index contributed by atoms with van der Waals surface area (Å²) in [7, 11) is 0. The van der Waals surface area contributed by atoms with E-state index in [1.54, 1.807) is 13.0 Å². The fourth-order valence-electron chi connectivity index (χ4n) is 2.94. The van der Waals surface area contributed by atoms with Crippen molar-refractivity contribution >= 4 is 33.9 Å². The Bertz CT molecular complexity index is 1060. The fourth-order valence-corrected chi connectivity index (χ4v) is 2.94. The number of hydrogen-bond acceptors (Lipinski definition) is 4. The van der Waals surface area contributed by atoms with E-state index in [-0.39, 0.29) is 5.91 Å². The zero-order valence-electron chi connectivity index (χ0n) is 14.0. The Kier molecular flexibility index (Phi) is 3.82. The number of imidazole rings is 1. The van der Waals surface area contributed by atoms with Crippen molar-refractivity contribution in [2.75, 3.05) is 5.01 Å². The Morgan fingerprint density at radius 2 is 1.92 bits per heavy atom. The van der Waals surface area contributed by atoms with Gasteiger partial charge in [-0.05, 0) is 37.3 Å². The van der Waals surface area contributed by atoms with E-state index in [2.05, 4.69) is 21.1 Å². The first kappa shape index (κ1) is 15.8. The lowest BCUT2D eigenvalue weighted by Gasteiger charge is -2.12. The third-order valence-corrected chi connectivity index (χ3v) is 4.28. The van der Waals surface area contributed by atoms with Crippen LogP contribution in [0.4, 0.5) is 5.69 Å². The van der Waals surface area contributed by atoms with Gasteiger partial charge in [-0.2, -0.15) is 15.4 Å². The Hall–Kier alpha value is -3.72. The molecule has 0 spiro atoms. The van der Waals surface area contributed by atoms with E-state index in [1.165, 1.54) is 5.01 Å². The lowest BCUT2D eigenvalue weighted by atomic mass is 10.0. The van der Waals surface area contributed by atoms with Gasteiger partial charge in [0.2, 0.25) is 0 Å². The second kappa shape index (κ2) is 6.30. The molecule has 0 fully saturated rings. The monoisotopic (exact) mass is 341 g/mol. The van der Waals surface area contributed by atoms with Crippen LogP contribution in [0.25, 0.3) is 16.6 Å². The highest BCUT2D eigenvalue weighted by atomic mass is 16.2. The molecular weight excluding hydrogens is 326 g/mol. The summed E-state index contributed by atoms with van der Waals surface area (Å²) in [5.41, 5.74) is 3.29. The number of hydrogen-bond donors (Lipinski definition) is 1. The highest BCUT2D eigenvalue weighted by Gasteiger charge is 2.33. The second-order valence-electron chi connectivity index (χ2n) is 6.00. The third-order valence-electron chi connectivity index (χ3n) is 4.28. The number of nitriles is 1. The Labute approximate surface area is 150 Å². The number of aromatic nitrogens is 2. The maximum absolute atomic E-state index is 12.8. The van der Waals surface area contributed by atoms with Gasteiger partial charge in [0.25, 0.3) is 5.91 Å². The molecule has 1 aliphatic heterocycles. The molecule has 2 aromatic carbocycles. The van der Waals surface area contributed by atoms with Crippen molar-refractivity contribution in [2.24, 2.45) is 11.0 Å². The minimum Gasteiger partial charge on any atom is -0.337 e. The Morgan fingerprint density at radius 3 is 2.65 bits per heavy atom. The molecule has 1 atom stereocenters. The standard InChI is InChI=1S/C20H15N5O/c1-13-16(20(26)25(24-13)15-7-3-2-4-8-15)11-14(12-21)19-22-17-9-5-6-10-18(17)23-19/h2-11,16H,1H3,(H,22,23). The second-order valence-corrected chi connectivity index (χ2v) is 6.00. The SMILES string of the molecule is CC1=NN(c2ccccc2)C(=O)C1C=C(C#N)c1nc2ccccc2[nH]1. The van der Waals surface area contributed by atoms with Crippen molar-refractivity contribution in [3.63, 3.8) is 0 Å². The van der Waals surface area contributed by atoms with Gasteiger partial charge in [-0.1, -0.05) is 30.3 Å². The predicted octanol–water partition coefficient (Wildman–Crippen LogP) is 3.51. The van der Waals surface area contributed by atoms with Crippen molar-refractivity contribution in [3.05, 3.63) is 66.5 Å². The first-order valence-corrected chi connectivity index (χ1v) is 8.18. The summed E-state index contributed by atoms with van der Waals surface area (Å²) in [6.45, 7) is 1.79. The molecule has 6 nitrogen and oxygen atoms in total. The average molecular weight is 341 g/mol. The van der Waals surface area contributed by atoms with Gasteiger partial charge in [-0.15, -0.1) is 0 Å². The van der Waals surface area contributed by atoms with Gasteiger partial charge in [0.05, 0.1) is 33.9 Å². The number of amides is 1. The minimum absolute atomic E-state index is 0.183. The van der Waals surface area contributed by atoms with Crippen LogP contribution in [0.3, 0.4) is 0 Å². The molecule has 0 saturated heterocycles. The zero-order chi connectivity index (χ0) is 18.1. The lowest BCUT2D eigenvalue weighted by Crippen LogP contribution is -2.26. The van der Waals surface area contributed by atoms with Crippen LogP contribution >= 0.6 is 0 Å². The molecule has 4 rings (SSSR count). The van der Waals surface area contributed by atoms with Crippen molar-refractivity contribution in [1.29, 1.82) is 5.26 Å². The van der Waals surface area contributed by atoms with Crippen LogP contribution in [-0.4, -0.2) is 21.6 Å². The van der Waals surface area contributed by atoms with Gasteiger partial charge < -0.3 is 4.98 Å². The number of benzene rings is 2. The smallest absolute Gasteiger partial charge is 0.260 e. The van der Waals surface area contributed by atoms with Gasteiger partial charge in [-0.3, -0.25) is 4.79 Å². The molecule has 3 aromatic rings. The molecule has 0 radical (unpaired) electrons. The molecule has 1 unspecified atom stereocenters. The molecule has 0 bridgehead atoms. The van der Waals surface area contributed by atoms with Crippen LogP contribution in [0.1, 0.15) is 12.7 Å². The molecule has 2 heterocycles. The van der Waals surface area contributed by atoms with Gasteiger partial charge in [0, 0.05) is 0 Å². The van der Waals surface area contributed by atoms with E-state index in [0.29, 0.717) is 22.8 Å². The average Bonchev–Trinajstić information content (AvgIpc) is 3.22. The third kappa shape index (κ3) is 2.66. The van der Waals surface area contributed by atoms with Crippen molar-refractivity contribution in [3.8, 4) is 6.07 Å². The Balaban J connectivity index is 1.69. The normalized spacial score (nSPS) is 17.5. The van der Waals surface area contributed by atoms with Gasteiger partial charge in [0.15, 0.2) is 0 Å². The van der Waals surface area contributed by atoms with Crippen LogP contribution in [0.15, 0.2) is 65.8 Å². The maximum Gasteiger partial charge on any atom is 0.260 e. The number of carbonyl (C=O) groups excluding carboxylic acids is 1. The minimum atomic E-state index is -0.585. The zero-order valence-corrected chi connectivity index (χ0v) is 14.0. The molecule has 0 saturated carbocycles. The van der Waals surface area contributed by atoms with Crippen LogP contribution < -0.4 is 5.01 Å². The molecule has 1 N–H and O–H groups in total. The summed E-state index contributed by atoms with van der Waals surface area (Å²) in [6.07, 6.45) is 1.63. The lowest BCUT2D eigenvalue weighted by molar-refractivity contribution is -0.118. The topological polar surface area (TPSA) is 85.1 Å². The number of para-hydroxylation sites is 3. The number of aromatic amines is 1. The van der Waals surface area contributed by atoms with Crippen LogP contribution in [0.2, 0.25) is 0 Å². The molecule has 1 aromatic heterocycles. The van der Waals surface area contributed by atoms with E-state index in [1.807, 2.05) is 54.6 Å².